The maximum atomic E-state index is 11.0. The molecule has 0 fully saturated rings. The quantitative estimate of drug-likeness (QED) is 0.858. The van der Waals surface area contributed by atoms with Crippen LogP contribution in [0.3, 0.4) is 0 Å². The minimum atomic E-state index is -1.07. The number of ether oxygens (including phenoxy) is 1. The molecule has 0 radical (unpaired) electrons. The number of benzene rings is 1. The zero-order valence-corrected chi connectivity index (χ0v) is 12.2. The van der Waals surface area contributed by atoms with E-state index in [0.29, 0.717) is 18.8 Å². The van der Waals surface area contributed by atoms with Crippen molar-refractivity contribution >= 4 is 23.4 Å². The Morgan fingerprint density at radius 2 is 2.14 bits per heavy atom. The van der Waals surface area contributed by atoms with E-state index < -0.39 is 5.97 Å². The highest BCUT2D eigenvalue weighted by atomic mass is 35.5. The number of carbonyl (C=O) groups is 1. The Kier molecular flexibility index (Phi) is 5.00. The van der Waals surface area contributed by atoms with E-state index >= 15 is 0 Å². The third kappa shape index (κ3) is 3.64. The molecule has 110 valence electrons. The number of hydrogen-bond donors (Lipinski definition) is 2. The van der Waals surface area contributed by atoms with Gasteiger partial charge in [0.25, 0.3) is 0 Å². The van der Waals surface area contributed by atoms with Crippen molar-refractivity contribution in [1.29, 1.82) is 0 Å². The standard InChI is InChI=1S/C15H15ClN2O3/c1-21-12-5-3-2-4-10(12)6-8-17-14-13(16)11(15(19)20)7-9-18-14/h2-5,7,9H,6,8H2,1H3,(H,17,18)(H,19,20). The maximum Gasteiger partial charge on any atom is 0.337 e. The normalized spacial score (nSPS) is 10.2. The fourth-order valence-electron chi connectivity index (χ4n) is 1.96. The van der Waals surface area contributed by atoms with Crippen LogP contribution in [0.25, 0.3) is 0 Å². The van der Waals surface area contributed by atoms with Crippen LogP contribution in [0.15, 0.2) is 36.5 Å². The number of pyridine rings is 1. The topological polar surface area (TPSA) is 71.5 Å². The summed E-state index contributed by atoms with van der Waals surface area (Å²) in [5.41, 5.74) is 1.09. The number of carboxylic acids is 1. The number of carboxylic acid groups (broad SMARTS) is 1. The first-order valence-corrected chi connectivity index (χ1v) is 6.75. The van der Waals surface area contributed by atoms with Gasteiger partial charge in [0.2, 0.25) is 0 Å². The molecule has 2 aromatic rings. The molecule has 1 heterocycles. The number of para-hydroxylation sites is 1. The van der Waals surface area contributed by atoms with Crippen LogP contribution in [-0.2, 0) is 6.42 Å². The van der Waals surface area contributed by atoms with E-state index in [4.69, 9.17) is 21.4 Å². The van der Waals surface area contributed by atoms with E-state index in [1.54, 1.807) is 7.11 Å². The SMILES string of the molecule is COc1ccccc1CCNc1nccc(C(=O)O)c1Cl. The first-order chi connectivity index (χ1) is 10.1. The van der Waals surface area contributed by atoms with Gasteiger partial charge in [-0.15, -0.1) is 0 Å². The van der Waals surface area contributed by atoms with E-state index in [9.17, 15) is 4.79 Å². The van der Waals surface area contributed by atoms with Crippen LogP contribution >= 0.6 is 11.6 Å². The highest BCUT2D eigenvalue weighted by Gasteiger charge is 2.13. The maximum absolute atomic E-state index is 11.0. The summed E-state index contributed by atoms with van der Waals surface area (Å²) in [5, 5.41) is 12.2. The summed E-state index contributed by atoms with van der Waals surface area (Å²) < 4.78 is 5.28. The van der Waals surface area contributed by atoms with Crippen LogP contribution in [0.5, 0.6) is 5.75 Å². The minimum absolute atomic E-state index is 0.0338. The van der Waals surface area contributed by atoms with E-state index in [0.717, 1.165) is 11.3 Å². The van der Waals surface area contributed by atoms with Crippen molar-refractivity contribution in [3.63, 3.8) is 0 Å². The van der Waals surface area contributed by atoms with Crippen molar-refractivity contribution in [3.8, 4) is 5.75 Å². The Morgan fingerprint density at radius 3 is 2.86 bits per heavy atom. The number of aromatic nitrogens is 1. The van der Waals surface area contributed by atoms with E-state index in [2.05, 4.69) is 10.3 Å². The lowest BCUT2D eigenvalue weighted by Crippen LogP contribution is -2.09. The van der Waals surface area contributed by atoms with E-state index in [-0.39, 0.29) is 10.6 Å². The molecule has 0 bridgehead atoms. The summed E-state index contributed by atoms with van der Waals surface area (Å²) >= 11 is 6.01. The van der Waals surface area contributed by atoms with Crippen LogP contribution in [-0.4, -0.2) is 29.7 Å². The summed E-state index contributed by atoms with van der Waals surface area (Å²) in [6.45, 7) is 0.566. The molecule has 0 aliphatic heterocycles. The van der Waals surface area contributed by atoms with Crippen molar-refractivity contribution in [3.05, 3.63) is 52.7 Å². The zero-order chi connectivity index (χ0) is 15.2. The van der Waals surface area contributed by atoms with E-state index in [1.807, 2.05) is 24.3 Å². The first-order valence-electron chi connectivity index (χ1n) is 6.37. The summed E-state index contributed by atoms with van der Waals surface area (Å²) in [4.78, 5) is 15.1. The average molecular weight is 307 g/mol. The molecule has 6 heteroatoms. The predicted molar refractivity (Wildman–Crippen MR) is 81.4 cm³/mol. The Labute approximate surface area is 127 Å². The third-order valence-electron chi connectivity index (χ3n) is 3.00. The molecule has 2 N–H and O–H groups in total. The summed E-state index contributed by atoms with van der Waals surface area (Å²) in [6.07, 6.45) is 2.13. The largest absolute Gasteiger partial charge is 0.496 e. The number of methoxy groups -OCH3 is 1. The van der Waals surface area contributed by atoms with Gasteiger partial charge in [-0.25, -0.2) is 9.78 Å². The number of hydrogen-bond acceptors (Lipinski definition) is 4. The van der Waals surface area contributed by atoms with Gasteiger partial charge < -0.3 is 15.2 Å². The lowest BCUT2D eigenvalue weighted by atomic mass is 10.1. The molecule has 0 aliphatic carbocycles. The first kappa shape index (κ1) is 15.1. The number of halogens is 1. The number of nitrogens with zero attached hydrogens (tertiary/aromatic N) is 1. The number of anilines is 1. The molecule has 1 aromatic heterocycles. The summed E-state index contributed by atoms with van der Waals surface area (Å²) in [7, 11) is 1.63. The summed E-state index contributed by atoms with van der Waals surface area (Å²) in [6, 6.07) is 9.09. The van der Waals surface area contributed by atoms with Gasteiger partial charge in [0.1, 0.15) is 11.6 Å². The second kappa shape index (κ2) is 6.95. The minimum Gasteiger partial charge on any atom is -0.496 e. The van der Waals surface area contributed by atoms with Gasteiger partial charge in [-0.2, -0.15) is 0 Å². The van der Waals surface area contributed by atoms with Crippen molar-refractivity contribution < 1.29 is 14.6 Å². The van der Waals surface area contributed by atoms with Gasteiger partial charge in [0.05, 0.1) is 17.7 Å². The van der Waals surface area contributed by atoms with Crippen molar-refractivity contribution in [1.82, 2.24) is 4.98 Å². The molecule has 0 saturated heterocycles. The smallest absolute Gasteiger partial charge is 0.337 e. The van der Waals surface area contributed by atoms with Crippen LogP contribution in [0, 0.1) is 0 Å². The van der Waals surface area contributed by atoms with Gasteiger partial charge >= 0.3 is 5.97 Å². The van der Waals surface area contributed by atoms with Crippen LogP contribution < -0.4 is 10.1 Å². The number of aromatic carboxylic acids is 1. The Morgan fingerprint density at radius 1 is 1.38 bits per heavy atom. The summed E-state index contributed by atoms with van der Waals surface area (Å²) in [5.74, 6) is 0.110. The van der Waals surface area contributed by atoms with Crippen molar-refractivity contribution in [2.24, 2.45) is 0 Å². The molecular formula is C15H15ClN2O3. The second-order valence-electron chi connectivity index (χ2n) is 4.31. The Balaban J connectivity index is 2.04. The van der Waals surface area contributed by atoms with Gasteiger partial charge in [-0.05, 0) is 24.1 Å². The van der Waals surface area contributed by atoms with Gasteiger partial charge in [0, 0.05) is 12.7 Å². The van der Waals surface area contributed by atoms with Gasteiger partial charge in [0.15, 0.2) is 0 Å². The van der Waals surface area contributed by atoms with Gasteiger partial charge in [-0.3, -0.25) is 0 Å². The Bertz CT molecular complexity index is 647. The molecular weight excluding hydrogens is 292 g/mol. The highest BCUT2D eigenvalue weighted by molar-refractivity contribution is 6.35. The lowest BCUT2D eigenvalue weighted by Gasteiger charge is -2.11. The number of rotatable bonds is 6. The lowest BCUT2D eigenvalue weighted by molar-refractivity contribution is 0.0697. The molecule has 0 spiro atoms. The fraction of sp³-hybridized carbons (Fsp3) is 0.200. The van der Waals surface area contributed by atoms with Crippen molar-refractivity contribution in [2.45, 2.75) is 6.42 Å². The monoisotopic (exact) mass is 306 g/mol. The fourth-order valence-corrected chi connectivity index (χ4v) is 2.22. The van der Waals surface area contributed by atoms with Crippen LogP contribution in [0.1, 0.15) is 15.9 Å². The molecule has 0 atom stereocenters. The molecule has 21 heavy (non-hydrogen) atoms. The molecule has 0 saturated carbocycles. The Hall–Kier alpha value is -2.27. The molecule has 0 aliphatic rings. The van der Waals surface area contributed by atoms with E-state index in [1.165, 1.54) is 12.3 Å². The number of nitrogens with one attached hydrogen (secondary N) is 1. The molecule has 1 aromatic carbocycles. The van der Waals surface area contributed by atoms with Crippen LogP contribution in [0.4, 0.5) is 5.82 Å². The second-order valence-corrected chi connectivity index (χ2v) is 4.69. The molecule has 2 rings (SSSR count). The van der Waals surface area contributed by atoms with Crippen LogP contribution in [0.2, 0.25) is 5.02 Å². The molecule has 5 nitrogen and oxygen atoms in total. The van der Waals surface area contributed by atoms with Crippen molar-refractivity contribution in [2.75, 3.05) is 19.0 Å². The third-order valence-corrected chi connectivity index (χ3v) is 3.38. The predicted octanol–water partition coefficient (Wildman–Crippen LogP) is 3.10. The van der Waals surface area contributed by atoms with Gasteiger partial charge in [-0.1, -0.05) is 29.8 Å². The molecule has 0 amide bonds. The zero-order valence-electron chi connectivity index (χ0n) is 11.5. The highest BCUT2D eigenvalue weighted by Crippen LogP contribution is 2.24. The average Bonchev–Trinajstić information content (AvgIpc) is 2.49. The molecule has 0 unspecified atom stereocenters.